The predicted molar refractivity (Wildman–Crippen MR) is 128 cm³/mol. The lowest BCUT2D eigenvalue weighted by Crippen LogP contribution is -2.21. The van der Waals surface area contributed by atoms with E-state index in [-0.39, 0.29) is 11.8 Å². The van der Waals surface area contributed by atoms with Crippen molar-refractivity contribution in [3.05, 3.63) is 108 Å². The molecule has 0 unspecified atom stereocenters. The quantitative estimate of drug-likeness (QED) is 0.432. The van der Waals surface area contributed by atoms with Gasteiger partial charge >= 0.3 is 0 Å². The van der Waals surface area contributed by atoms with Gasteiger partial charge in [0.05, 0.1) is 5.69 Å². The van der Waals surface area contributed by atoms with Crippen molar-refractivity contribution in [2.24, 2.45) is 0 Å². The maximum absolute atomic E-state index is 12.5. The van der Waals surface area contributed by atoms with Crippen molar-refractivity contribution in [3.8, 4) is 16.9 Å². The summed E-state index contributed by atoms with van der Waals surface area (Å²) in [5, 5.41) is 10.2. The van der Waals surface area contributed by atoms with Crippen molar-refractivity contribution < 1.29 is 9.59 Å². The highest BCUT2D eigenvalue weighted by atomic mass is 16.2. The smallest absolute Gasteiger partial charge is 0.251 e. The number of aromatic nitrogens is 3. The first-order chi connectivity index (χ1) is 16.1. The SMILES string of the molecule is CNC(=O)c1cccc(CNC(=O)/C=C/c2cn(-c3ccccc3)nc2-c2cccnc2)c1. The lowest BCUT2D eigenvalue weighted by atomic mass is 10.1. The third-order valence-corrected chi connectivity index (χ3v) is 5.00. The Kier molecular flexibility index (Phi) is 6.70. The van der Waals surface area contributed by atoms with Gasteiger partial charge in [0, 0.05) is 54.9 Å². The molecule has 7 nitrogen and oxygen atoms in total. The second-order valence-corrected chi connectivity index (χ2v) is 7.29. The average molecular weight is 438 g/mol. The number of nitrogens with zero attached hydrogens (tertiary/aromatic N) is 3. The van der Waals surface area contributed by atoms with Gasteiger partial charge in [-0.15, -0.1) is 0 Å². The molecule has 4 rings (SSSR count). The average Bonchev–Trinajstić information content (AvgIpc) is 3.31. The molecule has 2 heterocycles. The molecular weight excluding hydrogens is 414 g/mol. The molecule has 2 aromatic heterocycles. The molecule has 0 aliphatic carbocycles. The molecule has 2 aromatic carbocycles. The molecule has 2 N–H and O–H groups in total. The number of nitrogens with one attached hydrogen (secondary N) is 2. The van der Waals surface area contributed by atoms with Gasteiger partial charge in [-0.1, -0.05) is 30.3 Å². The molecule has 164 valence electrons. The third-order valence-electron chi connectivity index (χ3n) is 5.00. The Bertz CT molecular complexity index is 1280. The molecule has 0 atom stereocenters. The van der Waals surface area contributed by atoms with Gasteiger partial charge in [0.2, 0.25) is 5.91 Å². The van der Waals surface area contributed by atoms with Gasteiger partial charge in [-0.05, 0) is 48.0 Å². The summed E-state index contributed by atoms with van der Waals surface area (Å²) in [6, 6.07) is 20.7. The highest BCUT2D eigenvalue weighted by Gasteiger charge is 2.11. The van der Waals surface area contributed by atoms with Crippen molar-refractivity contribution in [2.75, 3.05) is 7.05 Å². The fraction of sp³-hybridized carbons (Fsp3) is 0.0769. The zero-order valence-electron chi connectivity index (χ0n) is 18.1. The highest BCUT2D eigenvalue weighted by Crippen LogP contribution is 2.24. The van der Waals surface area contributed by atoms with Gasteiger partial charge in [-0.2, -0.15) is 5.10 Å². The van der Waals surface area contributed by atoms with Crippen LogP contribution in [0.4, 0.5) is 0 Å². The topological polar surface area (TPSA) is 88.9 Å². The van der Waals surface area contributed by atoms with Gasteiger partial charge in [0.1, 0.15) is 5.69 Å². The molecule has 7 heteroatoms. The Hall–Kier alpha value is -4.52. The fourth-order valence-electron chi connectivity index (χ4n) is 3.33. The first-order valence-electron chi connectivity index (χ1n) is 10.5. The monoisotopic (exact) mass is 437 g/mol. The van der Waals surface area contributed by atoms with Gasteiger partial charge in [0.25, 0.3) is 5.91 Å². The van der Waals surface area contributed by atoms with Crippen molar-refractivity contribution in [3.63, 3.8) is 0 Å². The largest absolute Gasteiger partial charge is 0.355 e. The number of benzene rings is 2. The fourth-order valence-corrected chi connectivity index (χ4v) is 3.33. The van der Waals surface area contributed by atoms with Gasteiger partial charge in [-0.3, -0.25) is 14.6 Å². The minimum Gasteiger partial charge on any atom is -0.355 e. The lowest BCUT2D eigenvalue weighted by Gasteiger charge is -2.05. The molecule has 2 amide bonds. The van der Waals surface area contributed by atoms with E-state index in [9.17, 15) is 9.59 Å². The Morgan fingerprint density at radius 1 is 1.03 bits per heavy atom. The lowest BCUT2D eigenvalue weighted by molar-refractivity contribution is -0.116. The number of carbonyl (C=O) groups is 2. The summed E-state index contributed by atoms with van der Waals surface area (Å²) in [4.78, 5) is 28.5. The van der Waals surface area contributed by atoms with E-state index in [2.05, 4.69) is 15.6 Å². The van der Waals surface area contributed by atoms with Crippen LogP contribution in [-0.4, -0.2) is 33.6 Å². The van der Waals surface area contributed by atoms with Crippen molar-refractivity contribution in [2.45, 2.75) is 6.54 Å². The summed E-state index contributed by atoms with van der Waals surface area (Å²) in [7, 11) is 1.58. The molecule has 0 fully saturated rings. The zero-order valence-corrected chi connectivity index (χ0v) is 18.1. The summed E-state index contributed by atoms with van der Waals surface area (Å²) < 4.78 is 1.78. The molecule has 0 aliphatic heterocycles. The molecule has 0 saturated carbocycles. The van der Waals surface area contributed by atoms with E-state index in [0.717, 1.165) is 28.1 Å². The van der Waals surface area contributed by atoms with E-state index in [1.54, 1.807) is 48.4 Å². The maximum Gasteiger partial charge on any atom is 0.251 e. The van der Waals surface area contributed by atoms with Crippen molar-refractivity contribution in [1.29, 1.82) is 0 Å². The number of amides is 2. The molecule has 0 bridgehead atoms. The number of hydrogen-bond acceptors (Lipinski definition) is 4. The van der Waals surface area contributed by atoms with Crippen LogP contribution in [0.2, 0.25) is 0 Å². The van der Waals surface area contributed by atoms with Crippen molar-refractivity contribution in [1.82, 2.24) is 25.4 Å². The van der Waals surface area contributed by atoms with Crippen molar-refractivity contribution >= 4 is 17.9 Å². The van der Waals surface area contributed by atoms with Gasteiger partial charge in [-0.25, -0.2) is 4.68 Å². The standard InChI is InChI=1S/C26H23N5O2/c1-27-26(33)20-8-5-7-19(15-20)16-29-24(32)13-12-22-18-31(23-10-3-2-4-11-23)30-25(22)21-9-6-14-28-17-21/h2-15,17-18H,16H2,1H3,(H,27,33)(H,29,32)/b13-12+. The van der Waals surface area contributed by atoms with E-state index in [1.807, 2.05) is 54.7 Å². The Labute approximate surface area is 191 Å². The minimum atomic E-state index is -0.245. The first kappa shape index (κ1) is 21.7. The molecule has 0 radical (unpaired) electrons. The van der Waals surface area contributed by atoms with Crippen LogP contribution in [0.5, 0.6) is 0 Å². The number of rotatable bonds is 7. The predicted octanol–water partition coefficient (Wildman–Crippen LogP) is 3.62. The van der Waals surface area contributed by atoms with E-state index in [0.29, 0.717) is 12.1 Å². The number of carbonyl (C=O) groups excluding carboxylic acids is 2. The second-order valence-electron chi connectivity index (χ2n) is 7.29. The van der Waals surface area contributed by atoms with E-state index < -0.39 is 0 Å². The molecule has 4 aromatic rings. The van der Waals surface area contributed by atoms with E-state index >= 15 is 0 Å². The van der Waals surface area contributed by atoms with E-state index in [4.69, 9.17) is 5.10 Å². The second kappa shape index (κ2) is 10.2. The molecular formula is C26H23N5O2. The van der Waals surface area contributed by atoms with Gasteiger partial charge in [0.15, 0.2) is 0 Å². The van der Waals surface area contributed by atoms with Crippen LogP contribution in [0.1, 0.15) is 21.5 Å². The van der Waals surface area contributed by atoms with Crippen LogP contribution in [0.25, 0.3) is 23.0 Å². The summed E-state index contributed by atoms with van der Waals surface area (Å²) in [5.41, 5.74) is 4.69. The number of pyridine rings is 1. The first-order valence-corrected chi connectivity index (χ1v) is 10.5. The van der Waals surface area contributed by atoms with Crippen LogP contribution < -0.4 is 10.6 Å². The summed E-state index contributed by atoms with van der Waals surface area (Å²) >= 11 is 0. The van der Waals surface area contributed by atoms with Crippen LogP contribution in [-0.2, 0) is 11.3 Å². The molecule has 0 spiro atoms. The number of hydrogen-bond donors (Lipinski definition) is 2. The summed E-state index contributed by atoms with van der Waals surface area (Å²) in [6.45, 7) is 0.312. The minimum absolute atomic E-state index is 0.165. The van der Waals surface area contributed by atoms with Crippen LogP contribution in [0.15, 0.2) is 91.4 Å². The molecule has 33 heavy (non-hydrogen) atoms. The van der Waals surface area contributed by atoms with Crippen LogP contribution >= 0.6 is 0 Å². The molecule has 0 saturated heterocycles. The highest BCUT2D eigenvalue weighted by molar-refractivity contribution is 5.94. The normalized spacial score (nSPS) is 10.8. The molecule has 0 aliphatic rings. The number of para-hydroxylation sites is 1. The van der Waals surface area contributed by atoms with Crippen LogP contribution in [0.3, 0.4) is 0 Å². The Morgan fingerprint density at radius 3 is 2.64 bits per heavy atom. The van der Waals surface area contributed by atoms with Crippen LogP contribution in [0, 0.1) is 0 Å². The zero-order chi connectivity index (χ0) is 23.0. The van der Waals surface area contributed by atoms with Gasteiger partial charge < -0.3 is 10.6 Å². The van der Waals surface area contributed by atoms with E-state index in [1.165, 1.54) is 6.08 Å². The summed E-state index contributed by atoms with van der Waals surface area (Å²) in [6.07, 6.45) is 8.56. The Balaban J connectivity index is 1.52. The maximum atomic E-state index is 12.5. The Morgan fingerprint density at radius 2 is 1.88 bits per heavy atom. The summed E-state index contributed by atoms with van der Waals surface area (Å²) in [5.74, 6) is -0.411. The third kappa shape index (κ3) is 5.40.